The number of nitrogens with two attached hydrogens (primary N) is 1. The summed E-state index contributed by atoms with van der Waals surface area (Å²) in [5.74, 6) is -0.185. The van der Waals surface area contributed by atoms with Crippen molar-refractivity contribution in [2.75, 3.05) is 5.32 Å². The molecule has 144 valence electrons. The highest BCUT2D eigenvalue weighted by molar-refractivity contribution is 5.93. The largest absolute Gasteiger partial charge is 0.366 e. The highest BCUT2D eigenvalue weighted by atomic mass is 19.1. The van der Waals surface area contributed by atoms with Gasteiger partial charge in [0, 0.05) is 23.0 Å². The lowest BCUT2D eigenvalue weighted by atomic mass is 10.1. The summed E-state index contributed by atoms with van der Waals surface area (Å²) in [7, 11) is 0. The molecule has 0 unspecified atom stereocenters. The van der Waals surface area contributed by atoms with E-state index in [0.29, 0.717) is 17.1 Å². The molecule has 0 atom stereocenters. The van der Waals surface area contributed by atoms with Gasteiger partial charge >= 0.3 is 0 Å². The van der Waals surface area contributed by atoms with E-state index in [0.717, 1.165) is 22.6 Å². The van der Waals surface area contributed by atoms with Crippen LogP contribution in [0, 0.1) is 12.7 Å². The maximum Gasteiger partial charge on any atom is 0.248 e. The number of benzene rings is 2. The van der Waals surface area contributed by atoms with Crippen LogP contribution in [-0.2, 0) is 0 Å². The first-order valence-electron chi connectivity index (χ1n) is 8.95. The molecule has 6 nitrogen and oxygen atoms in total. The fourth-order valence-electron chi connectivity index (χ4n) is 3.04. The van der Waals surface area contributed by atoms with Crippen LogP contribution >= 0.6 is 0 Å². The molecule has 3 N–H and O–H groups in total. The third kappa shape index (κ3) is 3.98. The molecule has 0 bridgehead atoms. The molecule has 2 heterocycles. The Morgan fingerprint density at radius 3 is 2.62 bits per heavy atom. The molecule has 0 fully saturated rings. The maximum absolute atomic E-state index is 13.3. The van der Waals surface area contributed by atoms with Gasteiger partial charge in [-0.25, -0.2) is 14.1 Å². The topological polar surface area (TPSA) is 85.8 Å². The molecule has 7 heteroatoms. The molecule has 0 aliphatic heterocycles. The first-order valence-corrected chi connectivity index (χ1v) is 8.95. The van der Waals surface area contributed by atoms with Crippen LogP contribution in [0.5, 0.6) is 0 Å². The summed E-state index contributed by atoms with van der Waals surface area (Å²) in [5.41, 5.74) is 9.80. The summed E-state index contributed by atoms with van der Waals surface area (Å²) in [6.45, 7) is 1.90. The number of anilines is 2. The number of carbonyl (C=O) groups excluding carboxylic acids is 1. The Labute approximate surface area is 166 Å². The van der Waals surface area contributed by atoms with Crippen LogP contribution in [0.4, 0.5) is 15.9 Å². The molecule has 0 radical (unpaired) electrons. The Balaban J connectivity index is 1.69. The fraction of sp³-hybridized carbons (Fsp3) is 0.0455. The van der Waals surface area contributed by atoms with Crippen molar-refractivity contribution < 1.29 is 9.18 Å². The Morgan fingerprint density at radius 2 is 1.86 bits per heavy atom. The van der Waals surface area contributed by atoms with Crippen LogP contribution in [0.25, 0.3) is 16.9 Å². The molecule has 0 spiro atoms. The lowest BCUT2D eigenvalue weighted by Gasteiger charge is -2.10. The van der Waals surface area contributed by atoms with E-state index in [-0.39, 0.29) is 5.82 Å². The molecule has 29 heavy (non-hydrogen) atoms. The van der Waals surface area contributed by atoms with Crippen molar-refractivity contribution in [2.24, 2.45) is 5.73 Å². The number of pyridine rings is 1. The minimum Gasteiger partial charge on any atom is -0.366 e. The summed E-state index contributed by atoms with van der Waals surface area (Å²) < 4.78 is 15.1. The zero-order valence-electron chi connectivity index (χ0n) is 15.6. The zero-order chi connectivity index (χ0) is 20.4. The number of aryl methyl sites for hydroxylation is 1. The van der Waals surface area contributed by atoms with Gasteiger partial charge in [-0.3, -0.25) is 4.79 Å². The second-order valence-corrected chi connectivity index (χ2v) is 6.56. The standard InChI is InChI=1S/C22H18FN5O/c1-14-11-20(28(27-14)19-7-5-17(23)6-8-19)15-9-10-25-21(13-15)26-18-4-2-3-16(12-18)22(24)29/h2-13H,1H3,(H2,24,29)(H,25,26). The number of rotatable bonds is 5. The van der Waals surface area contributed by atoms with Crippen molar-refractivity contribution >= 4 is 17.4 Å². The Kier molecular flexibility index (Phi) is 4.78. The Bertz CT molecular complexity index is 1180. The highest BCUT2D eigenvalue weighted by Gasteiger charge is 2.11. The number of halogens is 1. The predicted octanol–water partition coefficient (Wildman–Crippen LogP) is 4.22. The molecule has 2 aromatic carbocycles. The molecule has 2 aromatic heterocycles. The number of primary amides is 1. The van der Waals surface area contributed by atoms with Gasteiger partial charge in [-0.2, -0.15) is 5.10 Å². The average Bonchev–Trinajstić information content (AvgIpc) is 3.11. The van der Waals surface area contributed by atoms with Crippen LogP contribution in [0.2, 0.25) is 0 Å². The fourth-order valence-corrected chi connectivity index (χ4v) is 3.04. The van der Waals surface area contributed by atoms with Gasteiger partial charge in [-0.1, -0.05) is 6.07 Å². The van der Waals surface area contributed by atoms with Crippen molar-refractivity contribution in [3.63, 3.8) is 0 Å². The quantitative estimate of drug-likeness (QED) is 0.537. The third-order valence-electron chi connectivity index (χ3n) is 4.38. The van der Waals surface area contributed by atoms with E-state index in [4.69, 9.17) is 5.73 Å². The minimum atomic E-state index is -0.492. The number of nitrogens with zero attached hydrogens (tertiary/aromatic N) is 3. The number of hydrogen-bond donors (Lipinski definition) is 2. The normalized spacial score (nSPS) is 10.7. The molecule has 0 aliphatic rings. The lowest BCUT2D eigenvalue weighted by molar-refractivity contribution is 0.100. The highest BCUT2D eigenvalue weighted by Crippen LogP contribution is 2.26. The molecule has 4 aromatic rings. The van der Waals surface area contributed by atoms with Crippen LogP contribution in [0.1, 0.15) is 16.1 Å². The molecule has 0 saturated carbocycles. The minimum absolute atomic E-state index is 0.298. The zero-order valence-corrected chi connectivity index (χ0v) is 15.6. The van der Waals surface area contributed by atoms with Crippen molar-refractivity contribution in [3.8, 4) is 16.9 Å². The number of nitrogens with one attached hydrogen (secondary N) is 1. The summed E-state index contributed by atoms with van der Waals surface area (Å²) >= 11 is 0. The predicted molar refractivity (Wildman–Crippen MR) is 110 cm³/mol. The van der Waals surface area contributed by atoms with E-state index in [9.17, 15) is 9.18 Å². The monoisotopic (exact) mass is 387 g/mol. The molecule has 1 amide bonds. The second-order valence-electron chi connectivity index (χ2n) is 6.56. The smallest absolute Gasteiger partial charge is 0.248 e. The van der Waals surface area contributed by atoms with E-state index >= 15 is 0 Å². The molecule has 4 rings (SSSR count). The van der Waals surface area contributed by atoms with E-state index < -0.39 is 5.91 Å². The summed E-state index contributed by atoms with van der Waals surface area (Å²) in [6, 6.07) is 18.8. The Morgan fingerprint density at radius 1 is 1.07 bits per heavy atom. The van der Waals surface area contributed by atoms with Crippen molar-refractivity contribution in [1.82, 2.24) is 14.8 Å². The van der Waals surface area contributed by atoms with E-state index in [1.54, 1.807) is 41.2 Å². The molecule has 0 saturated heterocycles. The van der Waals surface area contributed by atoms with Crippen LogP contribution in [0.3, 0.4) is 0 Å². The van der Waals surface area contributed by atoms with E-state index in [1.807, 2.05) is 31.2 Å². The maximum atomic E-state index is 13.3. The van der Waals surface area contributed by atoms with Crippen LogP contribution in [0.15, 0.2) is 72.9 Å². The Hall–Kier alpha value is -4.00. The van der Waals surface area contributed by atoms with Crippen molar-refractivity contribution in [3.05, 3.63) is 90.0 Å². The van der Waals surface area contributed by atoms with Gasteiger partial charge in [-0.05, 0) is 67.6 Å². The van der Waals surface area contributed by atoms with Gasteiger partial charge in [0.25, 0.3) is 0 Å². The first-order chi connectivity index (χ1) is 14.0. The average molecular weight is 387 g/mol. The number of amides is 1. The number of carbonyl (C=O) groups is 1. The second kappa shape index (κ2) is 7.55. The van der Waals surface area contributed by atoms with Gasteiger partial charge < -0.3 is 11.1 Å². The number of aromatic nitrogens is 3. The van der Waals surface area contributed by atoms with Crippen LogP contribution < -0.4 is 11.1 Å². The molecule has 0 aliphatic carbocycles. The number of hydrogen-bond acceptors (Lipinski definition) is 4. The first kappa shape index (κ1) is 18.4. The third-order valence-corrected chi connectivity index (χ3v) is 4.38. The van der Waals surface area contributed by atoms with E-state index in [1.165, 1.54) is 12.1 Å². The van der Waals surface area contributed by atoms with E-state index in [2.05, 4.69) is 15.4 Å². The van der Waals surface area contributed by atoms with Crippen molar-refractivity contribution in [1.29, 1.82) is 0 Å². The lowest BCUT2D eigenvalue weighted by Crippen LogP contribution is -2.10. The van der Waals surface area contributed by atoms with Crippen molar-refractivity contribution in [2.45, 2.75) is 6.92 Å². The van der Waals surface area contributed by atoms with Gasteiger partial charge in [0.2, 0.25) is 5.91 Å². The van der Waals surface area contributed by atoms with Gasteiger partial charge in [0.05, 0.1) is 17.1 Å². The molecular formula is C22H18FN5O. The van der Waals surface area contributed by atoms with Crippen LogP contribution in [-0.4, -0.2) is 20.7 Å². The summed E-state index contributed by atoms with van der Waals surface area (Å²) in [6.07, 6.45) is 1.69. The van der Waals surface area contributed by atoms with Gasteiger partial charge in [0.15, 0.2) is 0 Å². The van der Waals surface area contributed by atoms with Gasteiger partial charge in [0.1, 0.15) is 11.6 Å². The summed E-state index contributed by atoms with van der Waals surface area (Å²) in [4.78, 5) is 15.7. The molecular weight excluding hydrogens is 369 g/mol. The SMILES string of the molecule is Cc1cc(-c2ccnc(Nc3cccc(C(N)=O)c3)c2)n(-c2ccc(F)cc2)n1. The van der Waals surface area contributed by atoms with Gasteiger partial charge in [-0.15, -0.1) is 0 Å². The summed E-state index contributed by atoms with van der Waals surface area (Å²) in [5, 5.41) is 7.72.